The first kappa shape index (κ1) is 16.4. The summed E-state index contributed by atoms with van der Waals surface area (Å²) in [5.74, 6) is -0.522. The molecule has 2 aromatic rings. The van der Waals surface area contributed by atoms with Gasteiger partial charge in [-0.25, -0.2) is 5.48 Å². The van der Waals surface area contributed by atoms with E-state index < -0.39 is 5.91 Å². The molecule has 24 heavy (non-hydrogen) atoms. The highest BCUT2D eigenvalue weighted by molar-refractivity contribution is 5.90. The molecular formula is C19H21N3O2. The Kier molecular flexibility index (Phi) is 5.36. The minimum absolute atomic E-state index is 0.389. The first-order valence-electron chi connectivity index (χ1n) is 8.13. The van der Waals surface area contributed by atoms with Gasteiger partial charge in [0.2, 0.25) is 0 Å². The lowest BCUT2D eigenvalue weighted by Gasteiger charge is -2.14. The molecule has 1 unspecified atom stereocenters. The summed E-state index contributed by atoms with van der Waals surface area (Å²) in [6.07, 6.45) is 9.80. The van der Waals surface area contributed by atoms with Crippen molar-refractivity contribution in [1.29, 1.82) is 0 Å². The average Bonchev–Trinajstić information content (AvgIpc) is 3.03. The van der Waals surface area contributed by atoms with Crippen molar-refractivity contribution < 1.29 is 10.0 Å². The van der Waals surface area contributed by atoms with E-state index in [0.717, 1.165) is 31.4 Å². The van der Waals surface area contributed by atoms with Gasteiger partial charge < -0.3 is 5.32 Å². The molecule has 1 aliphatic rings. The highest BCUT2D eigenvalue weighted by Crippen LogP contribution is 2.31. The maximum Gasteiger partial charge on any atom is 0.267 e. The third-order valence-electron chi connectivity index (χ3n) is 4.34. The molecule has 0 aliphatic heterocycles. The first-order valence-corrected chi connectivity index (χ1v) is 8.13. The second-order valence-electron chi connectivity index (χ2n) is 5.92. The number of hydrogen-bond donors (Lipinski definition) is 3. The highest BCUT2D eigenvalue weighted by atomic mass is 16.5. The maximum atomic E-state index is 11.0. The summed E-state index contributed by atoms with van der Waals surface area (Å²) in [7, 11) is 0. The van der Waals surface area contributed by atoms with Gasteiger partial charge >= 0.3 is 0 Å². The number of nitrogens with zero attached hydrogens (tertiary/aromatic N) is 1. The average molecular weight is 323 g/mol. The Balaban J connectivity index is 1.58. The summed E-state index contributed by atoms with van der Waals surface area (Å²) >= 11 is 0. The van der Waals surface area contributed by atoms with Gasteiger partial charge in [-0.1, -0.05) is 18.2 Å². The fraction of sp³-hybridized carbons (Fsp3) is 0.263. The minimum Gasteiger partial charge on any atom is -0.310 e. The molecule has 0 saturated heterocycles. The Labute approximate surface area is 141 Å². The number of pyridine rings is 1. The molecule has 3 N–H and O–H groups in total. The van der Waals surface area contributed by atoms with Gasteiger partial charge in [-0.2, -0.15) is 0 Å². The van der Waals surface area contributed by atoms with E-state index in [1.54, 1.807) is 11.6 Å². The largest absolute Gasteiger partial charge is 0.310 e. The minimum atomic E-state index is -0.522. The predicted molar refractivity (Wildman–Crippen MR) is 92.4 cm³/mol. The summed E-state index contributed by atoms with van der Waals surface area (Å²) in [5, 5.41) is 12.1. The molecule has 0 radical (unpaired) electrons. The van der Waals surface area contributed by atoms with Gasteiger partial charge in [-0.3, -0.25) is 15.0 Å². The lowest BCUT2D eigenvalue weighted by atomic mass is 10.0. The van der Waals surface area contributed by atoms with Gasteiger partial charge in [0.15, 0.2) is 0 Å². The van der Waals surface area contributed by atoms with E-state index in [1.807, 2.05) is 30.6 Å². The molecule has 1 heterocycles. The number of fused-ring (bicyclic) bond motifs is 1. The summed E-state index contributed by atoms with van der Waals surface area (Å²) in [4.78, 5) is 15.1. The highest BCUT2D eigenvalue weighted by Gasteiger charge is 2.21. The van der Waals surface area contributed by atoms with Crippen LogP contribution in [0.1, 0.15) is 34.7 Å². The van der Waals surface area contributed by atoms with Gasteiger partial charge in [-0.15, -0.1) is 0 Å². The van der Waals surface area contributed by atoms with Crippen LogP contribution in [0.5, 0.6) is 0 Å². The molecule has 1 aliphatic carbocycles. The third kappa shape index (κ3) is 4.07. The molecule has 0 saturated carbocycles. The van der Waals surface area contributed by atoms with Crippen LogP contribution in [0.2, 0.25) is 0 Å². The molecule has 0 fully saturated rings. The lowest BCUT2D eigenvalue weighted by molar-refractivity contribution is -0.124. The normalized spacial score (nSPS) is 16.3. The Morgan fingerprint density at radius 2 is 2.12 bits per heavy atom. The summed E-state index contributed by atoms with van der Waals surface area (Å²) in [6, 6.07) is 10.7. The number of aromatic nitrogens is 1. The molecule has 1 atom stereocenters. The van der Waals surface area contributed by atoms with Crippen molar-refractivity contribution in [2.45, 2.75) is 25.3 Å². The molecule has 1 aromatic heterocycles. The Bertz CT molecular complexity index is 729. The second kappa shape index (κ2) is 7.86. The van der Waals surface area contributed by atoms with E-state index >= 15 is 0 Å². The topological polar surface area (TPSA) is 74.2 Å². The van der Waals surface area contributed by atoms with Crippen molar-refractivity contribution in [3.63, 3.8) is 0 Å². The maximum absolute atomic E-state index is 11.0. The second-order valence-corrected chi connectivity index (χ2v) is 5.92. The van der Waals surface area contributed by atoms with Gasteiger partial charge in [0.1, 0.15) is 0 Å². The molecule has 5 heteroatoms. The van der Waals surface area contributed by atoms with Crippen LogP contribution in [-0.2, 0) is 17.6 Å². The Hall–Kier alpha value is -2.50. The van der Waals surface area contributed by atoms with Crippen molar-refractivity contribution in [1.82, 2.24) is 15.8 Å². The van der Waals surface area contributed by atoms with Gasteiger partial charge in [-0.05, 0) is 66.3 Å². The zero-order valence-electron chi connectivity index (χ0n) is 13.4. The fourth-order valence-electron chi connectivity index (χ4n) is 3.10. The molecule has 3 rings (SSSR count). The number of benzene rings is 1. The van der Waals surface area contributed by atoms with E-state index in [2.05, 4.69) is 22.4 Å². The third-order valence-corrected chi connectivity index (χ3v) is 4.34. The molecule has 0 bridgehead atoms. The molecule has 124 valence electrons. The van der Waals surface area contributed by atoms with Crippen molar-refractivity contribution in [2.24, 2.45) is 0 Å². The van der Waals surface area contributed by atoms with Crippen molar-refractivity contribution in [3.8, 4) is 0 Å². The van der Waals surface area contributed by atoms with Crippen LogP contribution in [0.4, 0.5) is 0 Å². The van der Waals surface area contributed by atoms with E-state index in [-0.39, 0.29) is 0 Å². The summed E-state index contributed by atoms with van der Waals surface area (Å²) < 4.78 is 0. The number of hydrogen-bond acceptors (Lipinski definition) is 4. The fourth-order valence-corrected chi connectivity index (χ4v) is 3.10. The van der Waals surface area contributed by atoms with E-state index in [4.69, 9.17) is 5.21 Å². The predicted octanol–water partition coefficient (Wildman–Crippen LogP) is 2.42. The molecule has 5 nitrogen and oxygen atoms in total. The monoisotopic (exact) mass is 323 g/mol. The van der Waals surface area contributed by atoms with Crippen LogP contribution in [-0.4, -0.2) is 22.6 Å². The van der Waals surface area contributed by atoms with Crippen LogP contribution >= 0.6 is 0 Å². The van der Waals surface area contributed by atoms with Gasteiger partial charge in [0.05, 0.1) is 0 Å². The Morgan fingerprint density at radius 1 is 1.29 bits per heavy atom. The number of nitrogens with one attached hydrogen (secondary N) is 2. The first-order chi connectivity index (χ1) is 11.8. The van der Waals surface area contributed by atoms with Crippen LogP contribution < -0.4 is 10.8 Å². The summed E-state index contributed by atoms with van der Waals surface area (Å²) in [6.45, 7) is 0.937. The standard InChI is InChI=1S/C19H21N3O2/c23-19(22-24)6-2-15-1-4-17-16(13-15)3-5-18(17)21-12-9-14-7-10-20-11-8-14/h1-2,4,6-8,10-11,13,18,21,24H,3,5,9,12H2,(H,22,23). The van der Waals surface area contributed by atoms with Crippen molar-refractivity contribution >= 4 is 12.0 Å². The zero-order valence-corrected chi connectivity index (χ0v) is 13.4. The quantitative estimate of drug-likeness (QED) is 0.434. The molecule has 0 spiro atoms. The van der Waals surface area contributed by atoms with E-state index in [1.165, 1.54) is 22.8 Å². The number of hydroxylamine groups is 1. The van der Waals surface area contributed by atoms with E-state index in [0.29, 0.717) is 6.04 Å². The SMILES string of the molecule is O=C(C=Cc1ccc2c(c1)CCC2NCCc1ccncc1)NO. The molecule has 1 aromatic carbocycles. The van der Waals surface area contributed by atoms with Crippen LogP contribution in [0.15, 0.2) is 48.8 Å². The lowest BCUT2D eigenvalue weighted by Crippen LogP contribution is -2.21. The molecule has 1 amide bonds. The van der Waals surface area contributed by atoms with Crippen molar-refractivity contribution in [2.75, 3.05) is 6.54 Å². The number of aryl methyl sites for hydroxylation is 1. The van der Waals surface area contributed by atoms with Crippen LogP contribution in [0.3, 0.4) is 0 Å². The molecular weight excluding hydrogens is 302 g/mol. The van der Waals surface area contributed by atoms with Crippen LogP contribution in [0.25, 0.3) is 6.08 Å². The number of amides is 1. The number of rotatable bonds is 6. The summed E-state index contributed by atoms with van der Waals surface area (Å²) in [5.41, 5.74) is 6.51. The number of carbonyl (C=O) groups is 1. The van der Waals surface area contributed by atoms with Crippen LogP contribution in [0, 0.1) is 0 Å². The smallest absolute Gasteiger partial charge is 0.267 e. The number of carbonyl (C=O) groups excluding carboxylic acids is 1. The Morgan fingerprint density at radius 3 is 2.92 bits per heavy atom. The van der Waals surface area contributed by atoms with Crippen molar-refractivity contribution in [3.05, 3.63) is 71.1 Å². The van der Waals surface area contributed by atoms with E-state index in [9.17, 15) is 4.79 Å². The zero-order chi connectivity index (χ0) is 16.8. The van der Waals surface area contributed by atoms with Gasteiger partial charge in [0.25, 0.3) is 5.91 Å². The van der Waals surface area contributed by atoms with Gasteiger partial charge in [0, 0.05) is 24.5 Å².